The van der Waals surface area contributed by atoms with E-state index in [-0.39, 0.29) is 11.5 Å². The molecule has 2 aromatic carbocycles. The average Bonchev–Trinajstić information content (AvgIpc) is 2.73. The Balaban J connectivity index is 1.51. The van der Waals surface area contributed by atoms with E-state index in [9.17, 15) is 8.78 Å². The summed E-state index contributed by atoms with van der Waals surface area (Å²) in [5.41, 5.74) is 1.42. The van der Waals surface area contributed by atoms with Crippen molar-refractivity contribution in [3.63, 3.8) is 0 Å². The van der Waals surface area contributed by atoms with Crippen LogP contribution < -0.4 is 4.74 Å². The van der Waals surface area contributed by atoms with Gasteiger partial charge < -0.3 is 4.74 Å². The molecule has 2 aliphatic carbocycles. The highest BCUT2D eigenvalue weighted by molar-refractivity contribution is 5.66. The number of hydrogen-bond donors (Lipinski definition) is 0. The fourth-order valence-electron chi connectivity index (χ4n) is 5.54. The van der Waals surface area contributed by atoms with E-state index in [0.717, 1.165) is 30.2 Å². The van der Waals surface area contributed by atoms with E-state index in [4.69, 9.17) is 4.74 Å². The molecule has 154 valence electrons. The van der Waals surface area contributed by atoms with Gasteiger partial charge in [-0.3, -0.25) is 0 Å². The van der Waals surface area contributed by atoms with E-state index < -0.39 is 11.6 Å². The summed E-state index contributed by atoms with van der Waals surface area (Å²) in [5.74, 6) is 2.19. The van der Waals surface area contributed by atoms with Gasteiger partial charge in [0.1, 0.15) is 17.4 Å². The normalized spacial score (nSPS) is 27.0. The van der Waals surface area contributed by atoms with E-state index >= 15 is 0 Å². The summed E-state index contributed by atoms with van der Waals surface area (Å²) >= 11 is 0. The quantitative estimate of drug-likeness (QED) is 0.486. The Labute approximate surface area is 172 Å². The maximum atomic E-state index is 14.9. The molecule has 2 aliphatic rings. The summed E-state index contributed by atoms with van der Waals surface area (Å²) < 4.78 is 35.0. The second-order valence-corrected chi connectivity index (χ2v) is 8.72. The first-order valence-corrected chi connectivity index (χ1v) is 10.8. The van der Waals surface area contributed by atoms with E-state index in [0.29, 0.717) is 17.2 Å². The molecule has 2 fully saturated rings. The van der Waals surface area contributed by atoms with E-state index in [2.05, 4.69) is 19.1 Å². The Morgan fingerprint density at radius 1 is 0.897 bits per heavy atom. The van der Waals surface area contributed by atoms with Crippen molar-refractivity contribution in [2.75, 3.05) is 7.11 Å². The summed E-state index contributed by atoms with van der Waals surface area (Å²) in [6.07, 6.45) is 11.6. The summed E-state index contributed by atoms with van der Waals surface area (Å²) in [4.78, 5) is 0. The van der Waals surface area contributed by atoms with Crippen molar-refractivity contribution in [1.82, 2.24) is 0 Å². The van der Waals surface area contributed by atoms with Crippen molar-refractivity contribution in [3.8, 4) is 16.9 Å². The Bertz CT molecular complexity index is 848. The lowest BCUT2D eigenvalue weighted by molar-refractivity contribution is 0.133. The highest BCUT2D eigenvalue weighted by Crippen LogP contribution is 2.48. The smallest absolute Gasteiger partial charge is 0.134 e. The van der Waals surface area contributed by atoms with Gasteiger partial charge in [0.25, 0.3) is 0 Å². The van der Waals surface area contributed by atoms with Crippen LogP contribution in [0.5, 0.6) is 5.75 Å². The zero-order valence-electron chi connectivity index (χ0n) is 17.3. The number of hydrogen-bond acceptors (Lipinski definition) is 1. The van der Waals surface area contributed by atoms with Gasteiger partial charge in [-0.05, 0) is 105 Å². The molecule has 0 heterocycles. The summed E-state index contributed by atoms with van der Waals surface area (Å²) in [7, 11) is 1.58. The highest BCUT2D eigenvalue weighted by Gasteiger charge is 2.35. The minimum absolute atomic E-state index is 0.0527. The van der Waals surface area contributed by atoms with Gasteiger partial charge in [0, 0.05) is 0 Å². The first-order chi connectivity index (χ1) is 14.1. The van der Waals surface area contributed by atoms with Gasteiger partial charge in [0.2, 0.25) is 0 Å². The molecule has 4 unspecified atom stereocenters. The highest BCUT2D eigenvalue weighted by atomic mass is 19.1. The van der Waals surface area contributed by atoms with Crippen molar-refractivity contribution < 1.29 is 13.5 Å². The monoisotopic (exact) mass is 396 g/mol. The van der Waals surface area contributed by atoms with E-state index in [1.54, 1.807) is 43.5 Å². The molecule has 2 aromatic rings. The number of allylic oxidation sites excluding steroid dienone is 2. The zero-order valence-corrected chi connectivity index (χ0v) is 17.3. The Kier molecular flexibility index (Phi) is 6.03. The molecule has 0 aromatic heterocycles. The molecular weight excluding hydrogens is 366 g/mol. The first-order valence-electron chi connectivity index (χ1n) is 10.8. The van der Waals surface area contributed by atoms with Crippen LogP contribution in [0.15, 0.2) is 48.6 Å². The molecule has 0 radical (unpaired) electrons. The maximum Gasteiger partial charge on any atom is 0.134 e. The number of fused-ring (bicyclic) bond motifs is 1. The average molecular weight is 397 g/mol. The number of ether oxygens (including phenoxy) is 1. The summed E-state index contributed by atoms with van der Waals surface area (Å²) in [6, 6.07) is 10.0. The fourth-order valence-corrected chi connectivity index (χ4v) is 5.54. The molecule has 0 aliphatic heterocycles. The molecule has 0 amide bonds. The topological polar surface area (TPSA) is 9.23 Å². The molecule has 0 saturated heterocycles. The van der Waals surface area contributed by atoms with Crippen LogP contribution >= 0.6 is 0 Å². The van der Waals surface area contributed by atoms with Crippen LogP contribution in [-0.2, 0) is 0 Å². The van der Waals surface area contributed by atoms with Gasteiger partial charge in [-0.15, -0.1) is 0 Å². The van der Waals surface area contributed by atoms with Crippen molar-refractivity contribution in [3.05, 3.63) is 65.7 Å². The molecule has 3 heteroatoms. The van der Waals surface area contributed by atoms with Crippen LogP contribution in [0.1, 0.15) is 56.9 Å². The Hall–Kier alpha value is -2.16. The van der Waals surface area contributed by atoms with Crippen molar-refractivity contribution in [2.45, 2.75) is 51.4 Å². The molecule has 29 heavy (non-hydrogen) atoms. The number of methoxy groups -OCH3 is 1. The van der Waals surface area contributed by atoms with Crippen LogP contribution in [0.4, 0.5) is 8.78 Å². The van der Waals surface area contributed by atoms with Crippen LogP contribution in [0, 0.1) is 29.4 Å². The number of benzene rings is 2. The van der Waals surface area contributed by atoms with Crippen LogP contribution in [0.3, 0.4) is 0 Å². The number of halogens is 2. The van der Waals surface area contributed by atoms with Crippen molar-refractivity contribution in [1.29, 1.82) is 0 Å². The Morgan fingerprint density at radius 3 is 2.21 bits per heavy atom. The van der Waals surface area contributed by atoms with Crippen LogP contribution in [-0.4, -0.2) is 7.11 Å². The van der Waals surface area contributed by atoms with Gasteiger partial charge in [-0.1, -0.05) is 24.3 Å². The molecule has 0 spiro atoms. The second kappa shape index (κ2) is 8.69. The van der Waals surface area contributed by atoms with Gasteiger partial charge in [-0.25, -0.2) is 8.78 Å². The zero-order chi connectivity index (χ0) is 20.4. The van der Waals surface area contributed by atoms with Gasteiger partial charge in [-0.2, -0.15) is 0 Å². The van der Waals surface area contributed by atoms with Gasteiger partial charge in [0.05, 0.1) is 12.7 Å². The second-order valence-electron chi connectivity index (χ2n) is 8.72. The molecule has 2 saturated carbocycles. The molecule has 0 bridgehead atoms. The van der Waals surface area contributed by atoms with Crippen molar-refractivity contribution in [2.24, 2.45) is 17.8 Å². The molecule has 0 N–H and O–H groups in total. The predicted octanol–water partition coefficient (Wildman–Crippen LogP) is 7.52. The third-order valence-electron chi connectivity index (χ3n) is 7.03. The minimum atomic E-state index is -0.468. The first kappa shape index (κ1) is 20.1. The molecule has 1 nitrogen and oxygen atoms in total. The van der Waals surface area contributed by atoms with Crippen molar-refractivity contribution >= 4 is 0 Å². The SMILES string of the molecule is C/C=C/C1CCC2CC(c3cc(F)c(-c4ccc(OC)cc4)c(F)c3)CCC2C1. The summed E-state index contributed by atoms with van der Waals surface area (Å²) in [6.45, 7) is 2.10. The largest absolute Gasteiger partial charge is 0.497 e. The lowest BCUT2D eigenvalue weighted by atomic mass is 9.64. The third-order valence-corrected chi connectivity index (χ3v) is 7.03. The Morgan fingerprint density at radius 2 is 1.55 bits per heavy atom. The fraction of sp³-hybridized carbons (Fsp3) is 0.462. The lowest BCUT2D eigenvalue weighted by Gasteiger charge is -2.42. The lowest BCUT2D eigenvalue weighted by Crippen LogP contribution is -2.30. The van der Waals surface area contributed by atoms with Gasteiger partial charge >= 0.3 is 0 Å². The third kappa shape index (κ3) is 4.24. The molecular formula is C26H30F2O. The van der Waals surface area contributed by atoms with Crippen LogP contribution in [0.25, 0.3) is 11.1 Å². The standard InChI is InChI=1S/C26H30F2O/c1-3-4-17-5-6-20-14-21(8-7-19(20)13-17)22-15-24(27)26(25(28)16-22)18-9-11-23(29-2)12-10-18/h3-4,9-12,15-17,19-21H,5-8,13-14H2,1-2H3/b4-3+. The van der Waals surface area contributed by atoms with Gasteiger partial charge in [0.15, 0.2) is 0 Å². The van der Waals surface area contributed by atoms with E-state index in [1.807, 2.05) is 0 Å². The molecule has 4 atom stereocenters. The van der Waals surface area contributed by atoms with E-state index in [1.165, 1.54) is 25.7 Å². The minimum Gasteiger partial charge on any atom is -0.497 e. The summed E-state index contributed by atoms with van der Waals surface area (Å²) in [5, 5.41) is 0. The predicted molar refractivity (Wildman–Crippen MR) is 114 cm³/mol. The number of rotatable bonds is 4. The maximum absolute atomic E-state index is 14.9. The van der Waals surface area contributed by atoms with Crippen LogP contribution in [0.2, 0.25) is 0 Å². The molecule has 4 rings (SSSR count).